The van der Waals surface area contributed by atoms with Crippen LogP contribution in [0.4, 0.5) is 22.0 Å². The van der Waals surface area contributed by atoms with E-state index in [2.05, 4.69) is 31.2 Å². The quantitative estimate of drug-likeness (QED) is 0.348. The van der Waals surface area contributed by atoms with Crippen LogP contribution >= 0.6 is 0 Å². The molecular weight excluding hydrogens is 406 g/mol. The van der Waals surface area contributed by atoms with Gasteiger partial charge in [0.1, 0.15) is 11.9 Å². The molecule has 0 saturated carbocycles. The third-order valence-corrected chi connectivity index (χ3v) is 4.53. The Hall–Kier alpha value is -4.27. The van der Waals surface area contributed by atoms with E-state index in [-0.39, 0.29) is 11.7 Å². The van der Waals surface area contributed by atoms with Gasteiger partial charge in [-0.1, -0.05) is 30.3 Å². The molecule has 0 aliphatic heterocycles. The lowest BCUT2D eigenvalue weighted by Gasteiger charge is -2.19. The molecule has 2 heterocycles. The molecule has 0 spiro atoms. The Kier molecular flexibility index (Phi) is 7.47. The van der Waals surface area contributed by atoms with Crippen molar-refractivity contribution in [3.63, 3.8) is 0 Å². The highest BCUT2D eigenvalue weighted by Gasteiger charge is 2.22. The predicted molar refractivity (Wildman–Crippen MR) is 124 cm³/mol. The van der Waals surface area contributed by atoms with Gasteiger partial charge in [-0.15, -0.1) is 0 Å². The first kappa shape index (κ1) is 22.4. The summed E-state index contributed by atoms with van der Waals surface area (Å²) in [6.07, 6.45) is 4.39. The monoisotopic (exact) mass is 431 g/mol. The lowest BCUT2D eigenvalue weighted by molar-refractivity contribution is -0.122. The van der Waals surface area contributed by atoms with E-state index < -0.39 is 12.1 Å². The van der Waals surface area contributed by atoms with Gasteiger partial charge in [0.25, 0.3) is 0 Å². The number of nitrogens with zero attached hydrogens (tertiary/aromatic N) is 2. The van der Waals surface area contributed by atoms with Gasteiger partial charge in [-0.25, -0.2) is 9.78 Å². The third-order valence-electron chi connectivity index (χ3n) is 4.53. The van der Waals surface area contributed by atoms with Gasteiger partial charge >= 0.3 is 6.03 Å². The summed E-state index contributed by atoms with van der Waals surface area (Å²) in [6, 6.07) is 12.8. The fourth-order valence-electron chi connectivity index (χ4n) is 3.05. The predicted octanol–water partition coefficient (Wildman–Crippen LogP) is 3.53. The summed E-state index contributed by atoms with van der Waals surface area (Å²) in [4.78, 5) is 33.5. The van der Waals surface area contributed by atoms with Crippen molar-refractivity contribution < 1.29 is 9.59 Å². The fourth-order valence-corrected chi connectivity index (χ4v) is 3.05. The third kappa shape index (κ3) is 5.88. The van der Waals surface area contributed by atoms with E-state index in [1.54, 1.807) is 36.5 Å². The molecule has 2 aromatic heterocycles. The summed E-state index contributed by atoms with van der Waals surface area (Å²) in [5.41, 5.74) is 3.48. The van der Waals surface area contributed by atoms with Crippen molar-refractivity contribution in [3.05, 3.63) is 77.7 Å². The van der Waals surface area contributed by atoms with Crippen molar-refractivity contribution in [3.8, 4) is 0 Å². The summed E-state index contributed by atoms with van der Waals surface area (Å²) in [7, 11) is 0. The number of rotatable bonds is 8. The molecule has 3 aromatic rings. The van der Waals surface area contributed by atoms with Crippen LogP contribution in [0.15, 0.2) is 60.9 Å². The number of benzene rings is 1. The number of hydrogen-bond donors (Lipinski definition) is 5. The Bertz CT molecular complexity index is 1100. The number of urea groups is 1. The molecule has 0 aliphatic carbocycles. The maximum atomic E-state index is 12.6. The standard InChI is InChI=1S/C23H25N7O2/c1-3-25-22(31)21(16-7-5-4-6-8-16)30-23(32)29-20-12-17(13-24)19(14-27-20)28-18-9-10-26-15(2)11-18/h4-14,21,24H,3H2,1-2H3,(H,25,31)(H,26,28)(H2,27,29,30,32)/t21-/m0/s1. The zero-order valence-corrected chi connectivity index (χ0v) is 17.8. The number of nitrogens with one attached hydrogen (secondary N) is 5. The number of aromatic nitrogens is 2. The van der Waals surface area contributed by atoms with Gasteiger partial charge < -0.3 is 21.4 Å². The molecule has 3 rings (SSSR count). The van der Waals surface area contributed by atoms with Crippen molar-refractivity contribution in [2.24, 2.45) is 0 Å². The van der Waals surface area contributed by atoms with Gasteiger partial charge in [-0.05, 0) is 37.6 Å². The van der Waals surface area contributed by atoms with E-state index in [1.165, 1.54) is 12.4 Å². The van der Waals surface area contributed by atoms with Crippen molar-refractivity contribution in [1.29, 1.82) is 5.41 Å². The Labute approximate surface area is 186 Å². The SMILES string of the molecule is CCNC(=O)[C@@H](NC(=O)Nc1cc(C=N)c(Nc2ccnc(C)c2)cn1)c1ccccc1. The van der Waals surface area contributed by atoms with E-state index in [4.69, 9.17) is 5.41 Å². The van der Waals surface area contributed by atoms with Gasteiger partial charge in [-0.2, -0.15) is 0 Å². The average molecular weight is 432 g/mol. The highest BCUT2D eigenvalue weighted by atomic mass is 16.2. The normalized spacial score (nSPS) is 11.2. The lowest BCUT2D eigenvalue weighted by atomic mass is 10.1. The van der Waals surface area contributed by atoms with Crippen LogP contribution in [0.5, 0.6) is 0 Å². The number of likely N-dealkylation sites (N-methyl/N-ethyl adjacent to an activating group) is 1. The fraction of sp³-hybridized carbons (Fsp3) is 0.174. The summed E-state index contributed by atoms with van der Waals surface area (Å²) in [6.45, 7) is 4.14. The topological polar surface area (TPSA) is 132 Å². The molecule has 0 bridgehead atoms. The van der Waals surface area contributed by atoms with E-state index in [9.17, 15) is 9.59 Å². The second-order valence-electron chi connectivity index (χ2n) is 6.95. The zero-order chi connectivity index (χ0) is 22.9. The van der Waals surface area contributed by atoms with Crippen molar-refractivity contribution in [1.82, 2.24) is 20.6 Å². The first-order valence-electron chi connectivity index (χ1n) is 10.1. The number of carbonyl (C=O) groups is 2. The molecule has 0 unspecified atom stereocenters. The number of anilines is 3. The number of hydrogen-bond acceptors (Lipinski definition) is 6. The largest absolute Gasteiger partial charge is 0.354 e. The molecule has 9 nitrogen and oxygen atoms in total. The molecule has 1 aromatic carbocycles. The molecular formula is C23H25N7O2. The highest BCUT2D eigenvalue weighted by molar-refractivity contribution is 5.95. The van der Waals surface area contributed by atoms with Crippen molar-refractivity contribution in [2.75, 3.05) is 17.2 Å². The van der Waals surface area contributed by atoms with E-state index in [1.807, 2.05) is 32.0 Å². The summed E-state index contributed by atoms with van der Waals surface area (Å²) >= 11 is 0. The molecule has 164 valence electrons. The molecule has 5 N–H and O–H groups in total. The van der Waals surface area contributed by atoms with Gasteiger partial charge in [0.15, 0.2) is 0 Å². The molecule has 32 heavy (non-hydrogen) atoms. The first-order chi connectivity index (χ1) is 15.5. The Morgan fingerprint density at radius 2 is 1.91 bits per heavy atom. The Morgan fingerprint density at radius 3 is 2.59 bits per heavy atom. The van der Waals surface area contributed by atoms with Crippen LogP contribution in [0, 0.1) is 12.3 Å². The minimum absolute atomic E-state index is 0.250. The van der Waals surface area contributed by atoms with Crippen LogP contribution in [0.25, 0.3) is 0 Å². The summed E-state index contributed by atoms with van der Waals surface area (Å²) < 4.78 is 0. The number of carbonyl (C=O) groups excluding carboxylic acids is 2. The van der Waals surface area contributed by atoms with Gasteiger partial charge in [0, 0.05) is 35.9 Å². The van der Waals surface area contributed by atoms with Crippen LogP contribution < -0.4 is 21.3 Å². The maximum Gasteiger partial charge on any atom is 0.321 e. The average Bonchev–Trinajstić information content (AvgIpc) is 2.79. The van der Waals surface area contributed by atoms with Crippen LogP contribution in [-0.2, 0) is 4.79 Å². The molecule has 0 radical (unpaired) electrons. The maximum absolute atomic E-state index is 12.6. The van der Waals surface area contributed by atoms with Gasteiger partial charge in [-0.3, -0.25) is 15.1 Å². The van der Waals surface area contributed by atoms with Gasteiger partial charge in [0.05, 0.1) is 11.9 Å². The summed E-state index contributed by atoms with van der Waals surface area (Å²) in [5, 5.41) is 18.9. The number of pyridine rings is 2. The van der Waals surface area contributed by atoms with E-state index in [0.29, 0.717) is 23.4 Å². The second-order valence-corrected chi connectivity index (χ2v) is 6.95. The number of aryl methyl sites for hydroxylation is 1. The van der Waals surface area contributed by atoms with Crippen LogP contribution in [0.3, 0.4) is 0 Å². The van der Waals surface area contributed by atoms with Crippen molar-refractivity contribution in [2.45, 2.75) is 19.9 Å². The summed E-state index contributed by atoms with van der Waals surface area (Å²) in [5.74, 6) is -0.0608. The molecule has 9 heteroatoms. The lowest BCUT2D eigenvalue weighted by Crippen LogP contribution is -2.42. The second kappa shape index (κ2) is 10.7. The molecule has 0 fully saturated rings. The smallest absolute Gasteiger partial charge is 0.321 e. The zero-order valence-electron chi connectivity index (χ0n) is 17.8. The molecule has 0 saturated heterocycles. The molecule has 1 atom stereocenters. The van der Waals surface area contributed by atoms with Gasteiger partial charge in [0.2, 0.25) is 5.91 Å². The molecule has 3 amide bonds. The van der Waals surface area contributed by atoms with Crippen LogP contribution in [0.1, 0.15) is 29.8 Å². The Balaban J connectivity index is 1.73. The number of amides is 3. The minimum atomic E-state index is -0.853. The van der Waals surface area contributed by atoms with Crippen LogP contribution in [-0.4, -0.2) is 34.7 Å². The van der Waals surface area contributed by atoms with E-state index in [0.717, 1.165) is 11.4 Å². The van der Waals surface area contributed by atoms with Crippen molar-refractivity contribution >= 4 is 35.3 Å². The Morgan fingerprint density at radius 1 is 1.12 bits per heavy atom. The van der Waals surface area contributed by atoms with E-state index >= 15 is 0 Å². The molecule has 0 aliphatic rings. The highest BCUT2D eigenvalue weighted by Crippen LogP contribution is 2.21. The minimum Gasteiger partial charge on any atom is -0.354 e. The van der Waals surface area contributed by atoms with Crippen LogP contribution in [0.2, 0.25) is 0 Å². The first-order valence-corrected chi connectivity index (χ1v) is 10.1.